The highest BCUT2D eigenvalue weighted by atomic mass is 32.2. The second-order valence-corrected chi connectivity index (χ2v) is 9.21. The number of anilines is 1. The molecule has 2 heterocycles. The molecule has 2 aromatic rings. The molecule has 0 radical (unpaired) electrons. The molecule has 1 saturated heterocycles. The van der Waals surface area contributed by atoms with Crippen LogP contribution in [-0.4, -0.2) is 86.3 Å². The minimum atomic E-state index is -0.499. The van der Waals surface area contributed by atoms with Gasteiger partial charge in [-0.05, 0) is 35.9 Å². The number of hydrazone groups is 1. The average molecular weight is 514 g/mol. The van der Waals surface area contributed by atoms with Crippen molar-refractivity contribution < 1.29 is 23.8 Å². The Hall–Kier alpha value is -3.28. The number of carbonyl (C=O) groups is 2. The molecular formula is C25H31N5O5S. The van der Waals surface area contributed by atoms with E-state index in [1.54, 1.807) is 20.3 Å². The van der Waals surface area contributed by atoms with E-state index in [9.17, 15) is 9.59 Å². The molecule has 0 aliphatic carbocycles. The third-order valence-electron chi connectivity index (χ3n) is 5.86. The Bertz CT molecular complexity index is 1110. The first-order chi connectivity index (χ1) is 17.6. The number of rotatable bonds is 9. The van der Waals surface area contributed by atoms with Crippen LogP contribution in [0.5, 0.6) is 11.5 Å². The van der Waals surface area contributed by atoms with Gasteiger partial charge in [0.15, 0.2) is 11.5 Å². The topological polar surface area (TPSA) is 105 Å². The van der Waals surface area contributed by atoms with E-state index in [2.05, 4.69) is 20.6 Å². The highest BCUT2D eigenvalue weighted by Gasteiger charge is 2.23. The quantitative estimate of drug-likeness (QED) is 0.527. The first-order valence-electron chi connectivity index (χ1n) is 11.8. The number of piperazine rings is 1. The fraction of sp³-hybridized carbons (Fsp3) is 0.400. The maximum Gasteiger partial charge on any atom is 0.411 e. The molecule has 2 amide bonds. The van der Waals surface area contributed by atoms with Gasteiger partial charge in [-0.1, -0.05) is 23.9 Å². The Morgan fingerprint density at radius 3 is 2.69 bits per heavy atom. The maximum absolute atomic E-state index is 12.5. The zero-order valence-corrected chi connectivity index (χ0v) is 21.3. The van der Waals surface area contributed by atoms with E-state index in [4.69, 9.17) is 14.2 Å². The van der Waals surface area contributed by atoms with Gasteiger partial charge in [-0.15, -0.1) is 0 Å². The van der Waals surface area contributed by atoms with Gasteiger partial charge < -0.3 is 19.5 Å². The molecule has 0 spiro atoms. The number of carbonyl (C=O) groups excluding carboxylic acids is 2. The number of methoxy groups -OCH3 is 2. The van der Waals surface area contributed by atoms with Crippen LogP contribution in [0.15, 0.2) is 47.6 Å². The van der Waals surface area contributed by atoms with Crippen LogP contribution in [0.25, 0.3) is 0 Å². The van der Waals surface area contributed by atoms with E-state index in [1.165, 1.54) is 16.8 Å². The number of nitrogens with one attached hydrogen (secondary N) is 2. The summed E-state index contributed by atoms with van der Waals surface area (Å²) in [7, 11) is 3.17. The van der Waals surface area contributed by atoms with E-state index in [-0.39, 0.29) is 11.8 Å². The summed E-state index contributed by atoms with van der Waals surface area (Å²) in [5.41, 5.74) is 3.06. The van der Waals surface area contributed by atoms with Crippen LogP contribution in [-0.2, 0) is 11.3 Å². The van der Waals surface area contributed by atoms with E-state index in [0.29, 0.717) is 36.1 Å². The summed E-state index contributed by atoms with van der Waals surface area (Å²) in [5, 5.41) is 12.0. The third kappa shape index (κ3) is 6.90. The van der Waals surface area contributed by atoms with Crippen LogP contribution < -0.4 is 20.1 Å². The summed E-state index contributed by atoms with van der Waals surface area (Å²) in [6, 6.07) is 12.9. The second-order valence-electron chi connectivity index (χ2n) is 8.28. The van der Waals surface area contributed by atoms with Crippen molar-refractivity contribution in [3.8, 4) is 11.5 Å². The Labute approximate surface area is 214 Å². The Balaban J connectivity index is 1.36. The fourth-order valence-corrected chi connectivity index (χ4v) is 4.69. The van der Waals surface area contributed by atoms with Crippen molar-refractivity contribution >= 4 is 34.5 Å². The van der Waals surface area contributed by atoms with E-state index >= 15 is 0 Å². The molecule has 1 fully saturated rings. The van der Waals surface area contributed by atoms with Crippen LogP contribution in [0.3, 0.4) is 0 Å². The molecule has 10 nitrogen and oxygen atoms in total. The second kappa shape index (κ2) is 12.6. The van der Waals surface area contributed by atoms with Gasteiger partial charge in [-0.25, -0.2) is 9.80 Å². The van der Waals surface area contributed by atoms with Crippen LogP contribution >= 0.6 is 11.8 Å². The normalized spacial score (nSPS) is 16.3. The van der Waals surface area contributed by atoms with Crippen molar-refractivity contribution in [2.24, 2.45) is 5.10 Å². The number of hydrogen-bond donors (Lipinski definition) is 2. The van der Waals surface area contributed by atoms with Crippen LogP contribution in [0.2, 0.25) is 0 Å². The zero-order chi connectivity index (χ0) is 25.3. The molecule has 2 aliphatic rings. The monoisotopic (exact) mass is 513 g/mol. The number of amides is 2. The average Bonchev–Trinajstić information content (AvgIpc) is 2.90. The lowest BCUT2D eigenvalue weighted by molar-refractivity contribution is 0.134. The standard InChI is InChI=1S/C25H31N5O5S/c1-33-22-7-6-19(15-23(22)34-2)21-17-36-25(32)30(28-21)16-18-4-3-5-20(14-18)27-24(31)35-13-12-29-10-8-26-9-11-29/h3-7,14-15,26H,8-13,16-17H2,1-2H3,(H,27,31). The Morgan fingerprint density at radius 1 is 1.11 bits per heavy atom. The van der Waals surface area contributed by atoms with Gasteiger partial charge in [0, 0.05) is 49.7 Å². The first kappa shape index (κ1) is 25.8. The third-order valence-corrected chi connectivity index (χ3v) is 6.73. The van der Waals surface area contributed by atoms with Crippen LogP contribution in [0, 0.1) is 0 Å². The van der Waals surface area contributed by atoms with E-state index < -0.39 is 6.09 Å². The van der Waals surface area contributed by atoms with Gasteiger partial charge in [0.2, 0.25) is 0 Å². The maximum atomic E-state index is 12.5. The minimum Gasteiger partial charge on any atom is -0.493 e. The van der Waals surface area contributed by atoms with Crippen molar-refractivity contribution in [3.63, 3.8) is 0 Å². The highest BCUT2D eigenvalue weighted by Crippen LogP contribution is 2.30. The molecule has 0 saturated carbocycles. The van der Waals surface area contributed by atoms with Crippen molar-refractivity contribution in [1.82, 2.24) is 15.2 Å². The van der Waals surface area contributed by atoms with Crippen molar-refractivity contribution in [2.75, 3.05) is 64.6 Å². The summed E-state index contributed by atoms with van der Waals surface area (Å²) in [4.78, 5) is 27.0. The Morgan fingerprint density at radius 2 is 1.92 bits per heavy atom. The van der Waals surface area contributed by atoms with E-state index in [1.807, 2.05) is 36.4 Å². The number of nitrogens with zero attached hydrogens (tertiary/aromatic N) is 3. The van der Waals surface area contributed by atoms with Crippen molar-refractivity contribution in [3.05, 3.63) is 53.6 Å². The lowest BCUT2D eigenvalue weighted by Crippen LogP contribution is -2.44. The zero-order valence-electron chi connectivity index (χ0n) is 20.5. The molecule has 2 aliphatic heterocycles. The van der Waals surface area contributed by atoms with Crippen molar-refractivity contribution in [1.29, 1.82) is 0 Å². The summed E-state index contributed by atoms with van der Waals surface area (Å²) in [5.74, 6) is 1.70. The van der Waals surface area contributed by atoms with Gasteiger partial charge in [0.05, 0.1) is 26.5 Å². The number of benzene rings is 2. The number of thioether (sulfide) groups is 1. The molecule has 0 aromatic heterocycles. The molecule has 192 valence electrons. The summed E-state index contributed by atoms with van der Waals surface area (Å²) < 4.78 is 16.0. The number of hydrogen-bond acceptors (Lipinski definition) is 9. The molecule has 4 rings (SSSR count). The molecule has 0 atom stereocenters. The van der Waals surface area contributed by atoms with Gasteiger partial charge in [0.25, 0.3) is 0 Å². The molecule has 2 N–H and O–H groups in total. The Kier molecular flexibility index (Phi) is 9.04. The largest absolute Gasteiger partial charge is 0.493 e. The smallest absolute Gasteiger partial charge is 0.411 e. The van der Waals surface area contributed by atoms with Gasteiger partial charge >= 0.3 is 11.3 Å². The fourth-order valence-electron chi connectivity index (χ4n) is 3.95. The molecular weight excluding hydrogens is 482 g/mol. The van der Waals surface area contributed by atoms with Crippen LogP contribution in [0.4, 0.5) is 15.3 Å². The SMILES string of the molecule is COc1ccc(C2=NN(Cc3cccc(NC(=O)OCCN4CCNCC4)c3)C(=O)SC2)cc1OC. The minimum absolute atomic E-state index is 0.134. The molecule has 0 unspecified atom stereocenters. The van der Waals surface area contributed by atoms with E-state index in [0.717, 1.165) is 43.0 Å². The summed E-state index contributed by atoms with van der Waals surface area (Å²) >= 11 is 1.19. The molecule has 36 heavy (non-hydrogen) atoms. The molecule has 2 aromatic carbocycles. The molecule has 11 heteroatoms. The van der Waals surface area contributed by atoms with Gasteiger partial charge in [0.1, 0.15) is 6.61 Å². The lowest BCUT2D eigenvalue weighted by atomic mass is 10.1. The van der Waals surface area contributed by atoms with Gasteiger partial charge in [-0.2, -0.15) is 5.10 Å². The number of ether oxygens (including phenoxy) is 3. The van der Waals surface area contributed by atoms with Crippen LogP contribution in [0.1, 0.15) is 11.1 Å². The predicted molar refractivity (Wildman–Crippen MR) is 140 cm³/mol. The highest BCUT2D eigenvalue weighted by molar-refractivity contribution is 8.14. The van der Waals surface area contributed by atoms with Gasteiger partial charge in [-0.3, -0.25) is 15.0 Å². The first-order valence-corrected chi connectivity index (χ1v) is 12.7. The lowest BCUT2D eigenvalue weighted by Gasteiger charge is -2.26. The summed E-state index contributed by atoms with van der Waals surface area (Å²) in [6.45, 7) is 5.14. The molecule has 0 bridgehead atoms. The predicted octanol–water partition coefficient (Wildman–Crippen LogP) is 3.23. The summed E-state index contributed by atoms with van der Waals surface area (Å²) in [6.07, 6.45) is -0.499. The van der Waals surface area contributed by atoms with Crippen molar-refractivity contribution in [2.45, 2.75) is 6.54 Å².